The van der Waals surface area contributed by atoms with E-state index in [9.17, 15) is 18.8 Å². The Hall–Kier alpha value is -2.08. The van der Waals surface area contributed by atoms with Crippen LogP contribution >= 0.6 is 0 Å². The standard InChI is InChI=1S/C13H12FNO4/c14-11-4-2-1-3-9(11)5-10(16)6-15-12(17)7-19-8-13(15)18/h1-4H,5-8H2. The normalized spacial score (nSPS) is 15.7. The molecular weight excluding hydrogens is 253 g/mol. The van der Waals surface area contributed by atoms with Gasteiger partial charge in [0, 0.05) is 6.42 Å². The third-order valence-corrected chi connectivity index (χ3v) is 2.73. The number of halogens is 1. The summed E-state index contributed by atoms with van der Waals surface area (Å²) < 4.78 is 18.1. The number of imide groups is 1. The van der Waals surface area contributed by atoms with Crippen LogP contribution in [0.5, 0.6) is 0 Å². The molecule has 0 bridgehead atoms. The molecule has 0 saturated carbocycles. The minimum Gasteiger partial charge on any atom is -0.362 e. The van der Waals surface area contributed by atoms with E-state index in [0.29, 0.717) is 0 Å². The molecule has 19 heavy (non-hydrogen) atoms. The van der Waals surface area contributed by atoms with E-state index in [1.54, 1.807) is 6.07 Å². The molecule has 0 N–H and O–H groups in total. The van der Waals surface area contributed by atoms with Gasteiger partial charge in [-0.05, 0) is 11.6 Å². The highest BCUT2D eigenvalue weighted by atomic mass is 19.1. The molecule has 0 radical (unpaired) electrons. The Morgan fingerprint density at radius 1 is 1.21 bits per heavy atom. The van der Waals surface area contributed by atoms with Gasteiger partial charge >= 0.3 is 0 Å². The summed E-state index contributed by atoms with van der Waals surface area (Å²) in [4.78, 5) is 35.5. The molecule has 1 fully saturated rings. The number of carbonyl (C=O) groups is 3. The minimum atomic E-state index is -0.543. The van der Waals surface area contributed by atoms with Crippen molar-refractivity contribution in [2.75, 3.05) is 19.8 Å². The van der Waals surface area contributed by atoms with E-state index in [1.165, 1.54) is 18.2 Å². The van der Waals surface area contributed by atoms with Crippen LogP contribution in [0.2, 0.25) is 0 Å². The monoisotopic (exact) mass is 265 g/mol. The number of benzene rings is 1. The maximum Gasteiger partial charge on any atom is 0.255 e. The van der Waals surface area contributed by atoms with Crippen molar-refractivity contribution in [3.8, 4) is 0 Å². The number of hydrogen-bond donors (Lipinski definition) is 0. The number of amides is 2. The second kappa shape index (κ2) is 5.71. The molecule has 100 valence electrons. The molecule has 0 aromatic heterocycles. The number of hydrogen-bond acceptors (Lipinski definition) is 4. The smallest absolute Gasteiger partial charge is 0.255 e. The Bertz CT molecular complexity index is 513. The molecule has 1 heterocycles. The van der Waals surface area contributed by atoms with Gasteiger partial charge in [-0.15, -0.1) is 0 Å². The maximum absolute atomic E-state index is 13.4. The van der Waals surface area contributed by atoms with Crippen molar-refractivity contribution in [1.82, 2.24) is 4.90 Å². The summed E-state index contributed by atoms with van der Waals surface area (Å²) >= 11 is 0. The summed E-state index contributed by atoms with van der Waals surface area (Å²) in [6.45, 7) is -0.757. The van der Waals surface area contributed by atoms with E-state index in [4.69, 9.17) is 4.74 Å². The lowest BCUT2D eigenvalue weighted by atomic mass is 10.1. The predicted molar refractivity (Wildman–Crippen MR) is 62.7 cm³/mol. The van der Waals surface area contributed by atoms with E-state index in [-0.39, 0.29) is 31.7 Å². The first-order valence-electron chi connectivity index (χ1n) is 5.74. The van der Waals surface area contributed by atoms with Crippen LogP contribution in [0.25, 0.3) is 0 Å². The Balaban J connectivity index is 1.99. The number of rotatable bonds is 4. The first kappa shape index (κ1) is 13.4. The van der Waals surface area contributed by atoms with E-state index >= 15 is 0 Å². The van der Waals surface area contributed by atoms with Crippen LogP contribution in [-0.4, -0.2) is 42.3 Å². The quantitative estimate of drug-likeness (QED) is 0.736. The second-order valence-corrected chi connectivity index (χ2v) is 4.17. The van der Waals surface area contributed by atoms with E-state index < -0.39 is 23.4 Å². The minimum absolute atomic E-state index is 0.148. The fraction of sp³-hybridized carbons (Fsp3) is 0.308. The molecular formula is C13H12FNO4. The van der Waals surface area contributed by atoms with Crippen LogP contribution in [0.4, 0.5) is 4.39 Å². The van der Waals surface area contributed by atoms with Gasteiger partial charge in [-0.3, -0.25) is 19.3 Å². The molecule has 1 aliphatic heterocycles. The molecule has 1 aromatic rings. The number of ether oxygens (including phenoxy) is 1. The van der Waals surface area contributed by atoms with Gasteiger partial charge < -0.3 is 4.74 Å². The van der Waals surface area contributed by atoms with Gasteiger partial charge in [0.25, 0.3) is 11.8 Å². The summed E-state index contributed by atoms with van der Waals surface area (Å²) in [6.07, 6.45) is -0.148. The Morgan fingerprint density at radius 3 is 2.47 bits per heavy atom. The molecule has 2 rings (SSSR count). The number of morpholine rings is 1. The van der Waals surface area contributed by atoms with Crippen molar-refractivity contribution in [2.24, 2.45) is 0 Å². The molecule has 0 atom stereocenters. The highest BCUT2D eigenvalue weighted by Crippen LogP contribution is 2.09. The van der Waals surface area contributed by atoms with Crippen molar-refractivity contribution in [3.63, 3.8) is 0 Å². The number of nitrogens with zero attached hydrogens (tertiary/aromatic N) is 1. The lowest BCUT2D eigenvalue weighted by molar-refractivity contribution is -0.160. The van der Waals surface area contributed by atoms with Gasteiger partial charge in [-0.25, -0.2) is 4.39 Å². The average Bonchev–Trinajstić information content (AvgIpc) is 2.37. The summed E-state index contributed by atoms with van der Waals surface area (Å²) in [5.41, 5.74) is 0.251. The third-order valence-electron chi connectivity index (χ3n) is 2.73. The SMILES string of the molecule is O=C(Cc1ccccc1F)CN1C(=O)COCC1=O. The zero-order valence-electron chi connectivity index (χ0n) is 10.1. The van der Waals surface area contributed by atoms with E-state index in [0.717, 1.165) is 4.90 Å². The van der Waals surface area contributed by atoms with Crippen molar-refractivity contribution in [2.45, 2.75) is 6.42 Å². The summed E-state index contributed by atoms with van der Waals surface area (Å²) in [5, 5.41) is 0. The van der Waals surface area contributed by atoms with Gasteiger partial charge in [0.1, 0.15) is 19.0 Å². The van der Waals surface area contributed by atoms with Gasteiger partial charge in [0.15, 0.2) is 5.78 Å². The number of ketones is 1. The van der Waals surface area contributed by atoms with Gasteiger partial charge in [-0.1, -0.05) is 18.2 Å². The van der Waals surface area contributed by atoms with Crippen LogP contribution in [0, 0.1) is 5.82 Å². The number of carbonyl (C=O) groups excluding carboxylic acids is 3. The molecule has 1 aromatic carbocycles. The largest absolute Gasteiger partial charge is 0.362 e. The van der Waals surface area contributed by atoms with Crippen LogP contribution in [-0.2, 0) is 25.5 Å². The zero-order valence-corrected chi connectivity index (χ0v) is 10.1. The molecule has 5 nitrogen and oxygen atoms in total. The molecule has 0 unspecified atom stereocenters. The molecule has 0 aliphatic carbocycles. The topological polar surface area (TPSA) is 63.7 Å². The summed E-state index contributed by atoms with van der Waals surface area (Å²) in [5.74, 6) is -1.96. The Labute approximate surface area is 109 Å². The first-order chi connectivity index (χ1) is 9.08. The molecule has 1 saturated heterocycles. The number of Topliss-reactive ketones (excluding diaryl/α,β-unsaturated/α-hetero) is 1. The van der Waals surface area contributed by atoms with Crippen molar-refractivity contribution >= 4 is 17.6 Å². The van der Waals surface area contributed by atoms with Crippen molar-refractivity contribution in [1.29, 1.82) is 0 Å². The third kappa shape index (κ3) is 3.23. The van der Waals surface area contributed by atoms with Crippen LogP contribution in [0.1, 0.15) is 5.56 Å². The second-order valence-electron chi connectivity index (χ2n) is 4.17. The summed E-state index contributed by atoms with van der Waals surface area (Å²) in [6, 6.07) is 5.90. The molecule has 6 heteroatoms. The molecule has 2 amide bonds. The Kier molecular flexibility index (Phi) is 4.01. The van der Waals surface area contributed by atoms with E-state index in [1.807, 2.05) is 0 Å². The van der Waals surface area contributed by atoms with Gasteiger partial charge in [0.05, 0.1) is 6.54 Å². The van der Waals surface area contributed by atoms with Crippen LogP contribution in [0.3, 0.4) is 0 Å². The van der Waals surface area contributed by atoms with Crippen LogP contribution in [0.15, 0.2) is 24.3 Å². The predicted octanol–water partition coefficient (Wildman–Crippen LogP) is 0.323. The van der Waals surface area contributed by atoms with Crippen molar-refractivity contribution < 1.29 is 23.5 Å². The fourth-order valence-corrected chi connectivity index (χ4v) is 1.78. The van der Waals surface area contributed by atoms with Crippen molar-refractivity contribution in [3.05, 3.63) is 35.6 Å². The highest BCUT2D eigenvalue weighted by molar-refractivity contribution is 6.01. The van der Waals surface area contributed by atoms with Gasteiger partial charge in [0.2, 0.25) is 0 Å². The Morgan fingerprint density at radius 2 is 1.84 bits per heavy atom. The average molecular weight is 265 g/mol. The highest BCUT2D eigenvalue weighted by Gasteiger charge is 2.28. The zero-order chi connectivity index (χ0) is 13.8. The molecule has 1 aliphatic rings. The molecule has 0 spiro atoms. The first-order valence-corrected chi connectivity index (χ1v) is 5.74. The lowest BCUT2D eigenvalue weighted by Crippen LogP contribution is -2.48. The fourth-order valence-electron chi connectivity index (χ4n) is 1.78. The summed E-state index contributed by atoms with van der Waals surface area (Å²) in [7, 11) is 0. The maximum atomic E-state index is 13.4. The van der Waals surface area contributed by atoms with Gasteiger partial charge in [-0.2, -0.15) is 0 Å². The van der Waals surface area contributed by atoms with Crippen LogP contribution < -0.4 is 0 Å². The van der Waals surface area contributed by atoms with E-state index in [2.05, 4.69) is 0 Å². The lowest BCUT2D eigenvalue weighted by Gasteiger charge is -2.24.